The van der Waals surface area contributed by atoms with Gasteiger partial charge in [0.05, 0.1) is 0 Å². The van der Waals surface area contributed by atoms with E-state index in [1.165, 1.54) is 16.2 Å². The molecule has 0 bridgehead atoms. The second kappa shape index (κ2) is 47.6. The molecule has 13 heteroatoms. The molecule has 0 radical (unpaired) electrons. The van der Waals surface area contributed by atoms with Gasteiger partial charge < -0.3 is 32.2 Å². The largest absolute Gasteiger partial charge is 2.00 e. The number of nitrogens with zero attached hydrogens (tertiary/aromatic N) is 2. The zero-order chi connectivity index (χ0) is 13.1. The maximum atomic E-state index is 8.11. The Morgan fingerprint density at radius 1 is 1.12 bits per heavy atom. The van der Waals surface area contributed by atoms with E-state index in [-0.39, 0.29) is 21.1 Å². The van der Waals surface area contributed by atoms with Crippen LogP contribution in [0.4, 0.5) is 0 Å². The second-order valence-electron chi connectivity index (χ2n) is 1.31. The fourth-order valence-electron chi connectivity index (χ4n) is 0. The van der Waals surface area contributed by atoms with Gasteiger partial charge in [-0.2, -0.15) is 5.48 Å². The van der Waals surface area contributed by atoms with Crippen LogP contribution in [0.15, 0.2) is 10.7 Å². The van der Waals surface area contributed by atoms with Crippen LogP contribution < -0.4 is 22.7 Å². The quantitative estimate of drug-likeness (QED) is 0.130. The Kier molecular flexibility index (Phi) is 87.7. The molecule has 0 aliphatic heterocycles. The first-order valence-corrected chi connectivity index (χ1v) is 3.19. The summed E-state index contributed by atoms with van der Waals surface area (Å²) >= 11 is 0. The van der Waals surface area contributed by atoms with Crippen molar-refractivity contribution in [3.05, 3.63) is 9.81 Å². The number of rotatable bonds is 2. The first kappa shape index (κ1) is 29.5. The minimum absolute atomic E-state index is 0. The van der Waals surface area contributed by atoms with Gasteiger partial charge in [-0.05, 0) is 0 Å². The van der Waals surface area contributed by atoms with Crippen molar-refractivity contribution >= 4 is 0 Å². The molecule has 11 N–H and O–H groups in total. The van der Waals surface area contributed by atoms with Crippen LogP contribution in [0.1, 0.15) is 0 Å². The van der Waals surface area contributed by atoms with Crippen molar-refractivity contribution in [1.82, 2.24) is 5.48 Å². The van der Waals surface area contributed by atoms with E-state index >= 15 is 0 Å². The van der Waals surface area contributed by atoms with Gasteiger partial charge in [0.1, 0.15) is 0 Å². The van der Waals surface area contributed by atoms with Crippen molar-refractivity contribution < 1.29 is 41.8 Å². The van der Waals surface area contributed by atoms with Gasteiger partial charge in [0.2, 0.25) is 0 Å². The van der Waals surface area contributed by atoms with Crippen LogP contribution in [0, 0.1) is 9.81 Å². The molecule has 1 unspecified atom stereocenters. The average molecular weight is 427 g/mol. The van der Waals surface area contributed by atoms with Crippen LogP contribution in [0.25, 0.3) is 0 Å². The third-order valence-corrected chi connectivity index (χ3v) is 0.299. The number of hydrogen-bond donors (Lipinski definition) is 8. The molecular weight excluding hydrogens is 411 g/mol. The Balaban J connectivity index is -0.0000000338. The summed E-state index contributed by atoms with van der Waals surface area (Å²) in [6.07, 6.45) is -1.31. The third-order valence-electron chi connectivity index (χ3n) is 0.299. The Morgan fingerprint density at radius 2 is 1.25 bits per heavy atom. The first-order valence-electron chi connectivity index (χ1n) is 3.19. The molecule has 0 aromatic heterocycles. The topological polar surface area (TPSA) is 230 Å². The van der Waals surface area contributed by atoms with Gasteiger partial charge in [-0.15, -0.1) is 9.81 Å². The summed E-state index contributed by atoms with van der Waals surface area (Å²) < 4.78 is 0. The molecule has 1 atom stereocenters. The first-order chi connectivity index (χ1) is 7.01. The van der Waals surface area contributed by atoms with Crippen LogP contribution in [0.2, 0.25) is 0 Å². The van der Waals surface area contributed by atoms with Gasteiger partial charge in [-0.1, -0.05) is 0 Å². The number of aliphatic hydroxyl groups excluding tert-OH is 1. The average Bonchev–Trinajstić information content (AvgIpc) is 2.20. The van der Waals surface area contributed by atoms with Crippen molar-refractivity contribution in [2.24, 2.45) is 27.9 Å². The second-order valence-corrected chi connectivity index (χ2v) is 1.31. The van der Waals surface area contributed by atoms with Crippen molar-refractivity contribution in [3.8, 4) is 0 Å². The predicted molar refractivity (Wildman–Crippen MR) is 48.4 cm³/mol. The number of nitrogens with one attached hydrogen (secondary N) is 1. The molecule has 0 saturated carbocycles. The van der Waals surface area contributed by atoms with E-state index in [9.17, 15) is 0 Å². The number of aliphatic hydroxyl groups is 1. The molecule has 0 amide bonds. The van der Waals surface area contributed by atoms with Crippen LogP contribution in [0.3, 0.4) is 0 Å². The van der Waals surface area contributed by atoms with Crippen LogP contribution in [-0.4, -0.2) is 40.2 Å². The fraction of sp³-hybridized carbons (Fsp3) is 1.00. The number of hydrogen-bond acceptors (Lipinski definition) is 10. The van der Waals surface area contributed by atoms with E-state index in [0.29, 0.717) is 13.1 Å². The molecule has 0 fully saturated rings. The minimum Gasteiger partial charge on any atom is -0.379 e. The van der Waals surface area contributed by atoms with Crippen molar-refractivity contribution in [2.45, 2.75) is 6.35 Å². The van der Waals surface area contributed by atoms with Gasteiger partial charge in [0.25, 0.3) is 0 Å². The van der Waals surface area contributed by atoms with Gasteiger partial charge in [-0.25, -0.2) is 0 Å². The zero-order valence-electron chi connectivity index (χ0n) is 8.04. The standard InChI is InChI=1S/C2H8N2.CH6N2O2.2HNO2.Pt/c3-1-2-4;2-1(4)3-5;2*2-1-3;/h1-4H2;1,3-5H,2H2;2*(H,2,3);/q;;;;+2. The van der Waals surface area contributed by atoms with Gasteiger partial charge >= 0.3 is 21.1 Å². The molecular formula is C3H16N6O6Pt+2. The molecule has 0 aliphatic carbocycles. The van der Waals surface area contributed by atoms with Crippen LogP contribution in [-0.2, 0) is 21.1 Å². The normalized spacial score (nSPS) is 8.06. The fourth-order valence-corrected chi connectivity index (χ4v) is 0. The predicted octanol–water partition coefficient (Wildman–Crippen LogP) is -2.61. The van der Waals surface area contributed by atoms with Crippen molar-refractivity contribution in [3.63, 3.8) is 0 Å². The minimum atomic E-state index is -1.31. The molecule has 0 spiro atoms. The summed E-state index contributed by atoms with van der Waals surface area (Å²) in [7, 11) is 0. The van der Waals surface area contributed by atoms with E-state index < -0.39 is 6.35 Å². The molecule has 0 aromatic carbocycles. The Labute approximate surface area is 105 Å². The van der Waals surface area contributed by atoms with E-state index in [1.807, 2.05) is 0 Å². The summed E-state index contributed by atoms with van der Waals surface area (Å²) in [5.41, 5.74) is 15.7. The molecule has 0 rings (SSSR count). The summed E-state index contributed by atoms with van der Waals surface area (Å²) in [5.74, 6) is 0. The van der Waals surface area contributed by atoms with Crippen molar-refractivity contribution in [2.75, 3.05) is 13.1 Å². The van der Waals surface area contributed by atoms with E-state index in [4.69, 9.17) is 42.0 Å². The Hall–Kier alpha value is -0.752. The summed E-state index contributed by atoms with van der Waals surface area (Å²) in [5, 5.41) is 31.1. The number of nitrogens with two attached hydrogens (primary N) is 3. The molecule has 12 nitrogen and oxygen atoms in total. The smallest absolute Gasteiger partial charge is 0.379 e. The molecule has 102 valence electrons. The summed E-state index contributed by atoms with van der Waals surface area (Å²) in [6.45, 7) is 1.19. The summed E-state index contributed by atoms with van der Waals surface area (Å²) in [6, 6.07) is 0. The monoisotopic (exact) mass is 427 g/mol. The van der Waals surface area contributed by atoms with Crippen molar-refractivity contribution in [1.29, 1.82) is 0 Å². The van der Waals surface area contributed by atoms with Gasteiger partial charge in [0.15, 0.2) is 17.0 Å². The zero-order valence-corrected chi connectivity index (χ0v) is 10.3. The maximum Gasteiger partial charge on any atom is 2.00 e. The molecule has 0 aromatic rings. The summed E-state index contributed by atoms with van der Waals surface area (Å²) in [4.78, 5) is 16.2. The van der Waals surface area contributed by atoms with Crippen LogP contribution in [0.5, 0.6) is 0 Å². The van der Waals surface area contributed by atoms with E-state index in [2.05, 4.69) is 5.73 Å². The molecule has 16 heavy (non-hydrogen) atoms. The molecule has 0 aliphatic rings. The maximum absolute atomic E-state index is 8.11. The van der Waals surface area contributed by atoms with E-state index in [0.717, 1.165) is 0 Å². The van der Waals surface area contributed by atoms with E-state index in [1.54, 1.807) is 0 Å². The van der Waals surface area contributed by atoms with Gasteiger partial charge in [0, 0.05) is 13.1 Å². The SMILES string of the molecule is NC(O)NO.NCCN.O=NO.O=NO.[Pt+2]. The number of hydroxylamine groups is 1. The Bertz CT molecular complexity index is 100. The molecule has 0 heterocycles. The molecule has 0 saturated heterocycles. The Morgan fingerprint density at radius 3 is 1.25 bits per heavy atom. The third kappa shape index (κ3) is 393. The van der Waals surface area contributed by atoms with Crippen LogP contribution >= 0.6 is 0 Å². The van der Waals surface area contributed by atoms with Gasteiger partial charge in [-0.3, -0.25) is 5.73 Å².